The zero-order valence-corrected chi connectivity index (χ0v) is 19.7. The number of nitrogens with one attached hydrogen (secondary N) is 2. The molecule has 2 aliphatic heterocycles. The number of benzene rings is 2. The molecule has 0 unspecified atom stereocenters. The summed E-state index contributed by atoms with van der Waals surface area (Å²) in [5, 5.41) is 2.62. The van der Waals surface area contributed by atoms with E-state index in [9.17, 15) is 27.6 Å². The molecule has 1 saturated carbocycles. The first-order chi connectivity index (χ1) is 17.2. The molecule has 10 heteroatoms. The summed E-state index contributed by atoms with van der Waals surface area (Å²) < 4.78 is 48.4. The molecule has 2 atom stereocenters. The number of halogens is 3. The summed E-state index contributed by atoms with van der Waals surface area (Å²) in [7, 11) is 0. The van der Waals surface area contributed by atoms with E-state index in [0.717, 1.165) is 54.5 Å². The Bertz CT molecular complexity index is 1430. The van der Waals surface area contributed by atoms with Gasteiger partial charge in [0.2, 0.25) is 5.91 Å². The van der Waals surface area contributed by atoms with Crippen LogP contribution in [-0.4, -0.2) is 28.2 Å². The van der Waals surface area contributed by atoms with Gasteiger partial charge < -0.3 is 15.0 Å². The fourth-order valence-electron chi connectivity index (χ4n) is 5.51. The van der Waals surface area contributed by atoms with Crippen LogP contribution in [0.2, 0.25) is 0 Å². The lowest BCUT2D eigenvalue weighted by Gasteiger charge is -2.47. The molecular weight excluding hydrogens is 475 g/mol. The highest BCUT2D eigenvalue weighted by Gasteiger charge is 2.45. The van der Waals surface area contributed by atoms with Gasteiger partial charge in [-0.25, -0.2) is 22.5 Å². The highest BCUT2D eigenvalue weighted by Crippen LogP contribution is 2.47. The molecule has 1 amide bonds. The van der Waals surface area contributed by atoms with Gasteiger partial charge in [0.05, 0.1) is 29.7 Å². The zero-order chi connectivity index (χ0) is 25.6. The van der Waals surface area contributed by atoms with Crippen molar-refractivity contribution >= 4 is 16.8 Å². The molecule has 7 nitrogen and oxygen atoms in total. The first-order valence-electron chi connectivity index (χ1n) is 12.0. The van der Waals surface area contributed by atoms with Crippen molar-refractivity contribution in [2.75, 3.05) is 6.61 Å². The van der Waals surface area contributed by atoms with Gasteiger partial charge in [-0.05, 0) is 68.7 Å². The molecule has 0 spiro atoms. The number of ether oxygens (including phenoxy) is 1. The number of fused-ring (bicyclic) bond motifs is 4. The molecule has 3 fully saturated rings. The van der Waals surface area contributed by atoms with E-state index in [-0.39, 0.29) is 29.0 Å². The molecule has 3 aliphatic rings. The number of hydrogen-bond donors (Lipinski definition) is 2. The largest absolute Gasteiger partial charge is 0.378 e. The summed E-state index contributed by atoms with van der Waals surface area (Å²) in [5.74, 6) is -2.90. The van der Waals surface area contributed by atoms with Gasteiger partial charge in [0.15, 0.2) is 0 Å². The van der Waals surface area contributed by atoms with E-state index < -0.39 is 52.1 Å². The quantitative estimate of drug-likeness (QED) is 0.536. The third-order valence-corrected chi connectivity index (χ3v) is 7.54. The Labute approximate surface area is 204 Å². The number of carbonyl (C=O) groups is 1. The van der Waals surface area contributed by atoms with Crippen LogP contribution in [0.5, 0.6) is 0 Å². The highest BCUT2D eigenvalue weighted by atomic mass is 19.1. The molecular formula is C26H26F3N3O4. The minimum Gasteiger partial charge on any atom is -0.378 e. The summed E-state index contributed by atoms with van der Waals surface area (Å²) >= 11 is 0. The lowest BCUT2D eigenvalue weighted by Crippen LogP contribution is -2.50. The standard InChI is InChI=1S/C26H26F3N3O4/c1-14(18-4-2-16(28)11-20(18)29)30-23(33)22(12-26-8-6-17(7-9-26)36-13-26)32-24(34)19-10-15(27)3-5-21(19)31-25(32)35/h2-5,10-11,14,17,22H,6-9,12-13H2,1H3,(H,30,33)(H,31,35)/t14-,17?,22+,26?/m1/s1. The molecule has 6 rings (SSSR count). The molecule has 190 valence electrons. The van der Waals surface area contributed by atoms with Gasteiger partial charge in [-0.3, -0.25) is 9.59 Å². The predicted molar refractivity (Wildman–Crippen MR) is 126 cm³/mol. The Balaban J connectivity index is 1.55. The monoisotopic (exact) mass is 501 g/mol. The molecule has 2 aromatic carbocycles. The Hall–Kier alpha value is -3.40. The Morgan fingerprint density at radius 3 is 2.50 bits per heavy atom. The van der Waals surface area contributed by atoms with Crippen LogP contribution in [0.15, 0.2) is 46.0 Å². The van der Waals surface area contributed by atoms with Crippen LogP contribution in [0, 0.1) is 22.9 Å². The molecule has 3 heterocycles. The van der Waals surface area contributed by atoms with Crippen molar-refractivity contribution in [2.45, 2.75) is 57.2 Å². The number of amides is 1. The number of hydrogen-bond acceptors (Lipinski definition) is 4. The first-order valence-corrected chi connectivity index (χ1v) is 12.0. The third kappa shape index (κ3) is 4.45. The van der Waals surface area contributed by atoms with Crippen LogP contribution in [-0.2, 0) is 9.53 Å². The maximum absolute atomic E-state index is 14.4. The average Bonchev–Trinajstić information content (AvgIpc) is 2.85. The van der Waals surface area contributed by atoms with E-state index in [0.29, 0.717) is 6.61 Å². The predicted octanol–water partition coefficient (Wildman–Crippen LogP) is 3.87. The molecule has 3 aromatic rings. The highest BCUT2D eigenvalue weighted by molar-refractivity contribution is 5.82. The summed E-state index contributed by atoms with van der Waals surface area (Å²) in [6.07, 6.45) is 3.51. The maximum atomic E-state index is 14.4. The van der Waals surface area contributed by atoms with Crippen molar-refractivity contribution in [3.63, 3.8) is 0 Å². The number of rotatable bonds is 6. The second-order valence-corrected chi connectivity index (χ2v) is 9.92. The Morgan fingerprint density at radius 2 is 1.83 bits per heavy atom. The fourth-order valence-corrected chi connectivity index (χ4v) is 5.51. The minimum absolute atomic E-state index is 0.0602. The smallest absolute Gasteiger partial charge is 0.329 e. The van der Waals surface area contributed by atoms with Crippen LogP contribution in [0.4, 0.5) is 13.2 Å². The SMILES string of the molecule is C[C@@H](NC(=O)[C@H](CC12CCC(CC1)OC2)n1c(=O)[nH]c2ccc(F)cc2c1=O)c1ccc(F)cc1F. The lowest BCUT2D eigenvalue weighted by molar-refractivity contribution is -0.136. The molecule has 1 aliphatic carbocycles. The number of H-pyrrole nitrogens is 1. The molecule has 0 radical (unpaired) electrons. The van der Waals surface area contributed by atoms with E-state index in [1.165, 1.54) is 19.1 Å². The van der Waals surface area contributed by atoms with Gasteiger partial charge in [0.1, 0.15) is 23.5 Å². The van der Waals surface area contributed by atoms with E-state index in [2.05, 4.69) is 10.3 Å². The van der Waals surface area contributed by atoms with E-state index in [1.54, 1.807) is 0 Å². The van der Waals surface area contributed by atoms with E-state index in [4.69, 9.17) is 4.74 Å². The van der Waals surface area contributed by atoms with Crippen molar-refractivity contribution in [3.8, 4) is 0 Å². The second kappa shape index (κ2) is 9.24. The molecule has 2 saturated heterocycles. The van der Waals surface area contributed by atoms with Crippen LogP contribution in [0.3, 0.4) is 0 Å². The summed E-state index contributed by atoms with van der Waals surface area (Å²) in [6, 6.07) is 4.35. The van der Waals surface area contributed by atoms with Crippen molar-refractivity contribution in [1.29, 1.82) is 0 Å². The number of aromatic nitrogens is 2. The van der Waals surface area contributed by atoms with Crippen LogP contribution in [0.25, 0.3) is 10.9 Å². The lowest BCUT2D eigenvalue weighted by atomic mass is 9.67. The van der Waals surface area contributed by atoms with Crippen molar-refractivity contribution in [3.05, 3.63) is 80.3 Å². The molecule has 2 bridgehead atoms. The van der Waals surface area contributed by atoms with Gasteiger partial charge in [-0.2, -0.15) is 0 Å². The summed E-state index contributed by atoms with van der Waals surface area (Å²) in [5.41, 5.74) is -1.80. The molecule has 2 N–H and O–H groups in total. The van der Waals surface area contributed by atoms with Crippen LogP contribution < -0.4 is 16.6 Å². The first kappa shape index (κ1) is 24.3. The molecule has 1 aromatic heterocycles. The second-order valence-electron chi connectivity index (χ2n) is 9.92. The van der Waals surface area contributed by atoms with E-state index in [1.807, 2.05) is 0 Å². The summed E-state index contributed by atoms with van der Waals surface area (Å²) in [4.78, 5) is 42.7. The Kier molecular flexibility index (Phi) is 6.23. The maximum Gasteiger partial charge on any atom is 0.329 e. The van der Waals surface area contributed by atoms with Gasteiger partial charge in [0, 0.05) is 11.6 Å². The number of carbonyl (C=O) groups excluding carboxylic acids is 1. The summed E-state index contributed by atoms with van der Waals surface area (Å²) in [6.45, 7) is 1.93. The molecule has 36 heavy (non-hydrogen) atoms. The fraction of sp³-hybridized carbons (Fsp3) is 0.423. The zero-order valence-electron chi connectivity index (χ0n) is 19.7. The van der Waals surface area contributed by atoms with Gasteiger partial charge >= 0.3 is 5.69 Å². The number of aromatic amines is 1. The normalized spacial score (nSPS) is 22.9. The minimum atomic E-state index is -1.25. The third-order valence-electron chi connectivity index (χ3n) is 7.54. The number of nitrogens with zero attached hydrogens (tertiary/aromatic N) is 1. The van der Waals surface area contributed by atoms with E-state index >= 15 is 0 Å². The van der Waals surface area contributed by atoms with Crippen LogP contribution in [0.1, 0.15) is 56.7 Å². The van der Waals surface area contributed by atoms with Crippen molar-refractivity contribution < 1.29 is 22.7 Å². The van der Waals surface area contributed by atoms with Crippen LogP contribution >= 0.6 is 0 Å². The Morgan fingerprint density at radius 1 is 1.14 bits per heavy atom. The van der Waals surface area contributed by atoms with Crippen molar-refractivity contribution in [2.24, 2.45) is 5.41 Å². The van der Waals surface area contributed by atoms with Gasteiger partial charge in [-0.15, -0.1) is 0 Å². The van der Waals surface area contributed by atoms with Crippen molar-refractivity contribution in [1.82, 2.24) is 14.9 Å². The average molecular weight is 502 g/mol. The van der Waals surface area contributed by atoms with Gasteiger partial charge in [-0.1, -0.05) is 6.07 Å². The van der Waals surface area contributed by atoms with Gasteiger partial charge in [0.25, 0.3) is 5.56 Å². The topological polar surface area (TPSA) is 93.2 Å².